The highest BCUT2D eigenvalue weighted by Gasteiger charge is 2.29. The average molecular weight is 396 g/mol. The lowest BCUT2D eigenvalue weighted by molar-refractivity contribution is -0.123. The Morgan fingerprint density at radius 3 is 2.79 bits per heavy atom. The van der Waals surface area contributed by atoms with Gasteiger partial charge in [-0.2, -0.15) is 0 Å². The molecule has 6 heteroatoms. The van der Waals surface area contributed by atoms with Gasteiger partial charge in [0.25, 0.3) is 0 Å². The van der Waals surface area contributed by atoms with Crippen LogP contribution in [0.5, 0.6) is 11.5 Å². The Kier molecular flexibility index (Phi) is 6.30. The van der Waals surface area contributed by atoms with Gasteiger partial charge in [0, 0.05) is 38.4 Å². The predicted octanol–water partition coefficient (Wildman–Crippen LogP) is 3.36. The molecule has 6 nitrogen and oxygen atoms in total. The topological polar surface area (TPSA) is 63.7 Å². The molecular weight excluding hydrogens is 366 g/mol. The summed E-state index contributed by atoms with van der Waals surface area (Å²) in [5.41, 5.74) is 2.33. The van der Waals surface area contributed by atoms with E-state index >= 15 is 0 Å². The standard InChI is InChI=1S/C23H29N3O3/c1-2-19-15-26(14-17-5-8-24-9-6-17)10-7-20(19)12-23(27)25-13-18-3-4-21-22(11-18)29-16-28-21/h3-6,8-9,11,19-20H,2,7,10,12-16H2,1H3,(H,25,27)/t19-,20-/m0/s1. The fraction of sp³-hybridized carbons (Fsp3) is 0.478. The van der Waals surface area contributed by atoms with Crippen LogP contribution in [-0.2, 0) is 17.9 Å². The summed E-state index contributed by atoms with van der Waals surface area (Å²) in [5.74, 6) is 2.66. The lowest BCUT2D eigenvalue weighted by atomic mass is 9.81. The lowest BCUT2D eigenvalue weighted by Gasteiger charge is -2.38. The van der Waals surface area contributed by atoms with Gasteiger partial charge in [-0.3, -0.25) is 14.7 Å². The van der Waals surface area contributed by atoms with E-state index in [0.717, 1.165) is 49.5 Å². The van der Waals surface area contributed by atoms with Crippen LogP contribution >= 0.6 is 0 Å². The van der Waals surface area contributed by atoms with Gasteiger partial charge >= 0.3 is 0 Å². The minimum absolute atomic E-state index is 0.133. The highest BCUT2D eigenvalue weighted by molar-refractivity contribution is 5.76. The Balaban J connectivity index is 1.25. The molecule has 2 aliphatic heterocycles. The molecule has 3 heterocycles. The van der Waals surface area contributed by atoms with Gasteiger partial charge in [-0.1, -0.05) is 19.4 Å². The van der Waals surface area contributed by atoms with E-state index in [1.165, 1.54) is 5.56 Å². The number of carbonyl (C=O) groups is 1. The summed E-state index contributed by atoms with van der Waals surface area (Å²) in [6.07, 6.45) is 6.48. The van der Waals surface area contributed by atoms with Gasteiger partial charge in [-0.15, -0.1) is 0 Å². The van der Waals surface area contributed by atoms with Crippen molar-refractivity contribution in [1.82, 2.24) is 15.2 Å². The van der Waals surface area contributed by atoms with E-state index < -0.39 is 0 Å². The van der Waals surface area contributed by atoms with Crippen LogP contribution in [0.15, 0.2) is 42.7 Å². The van der Waals surface area contributed by atoms with E-state index in [-0.39, 0.29) is 12.7 Å². The Labute approximate surface area is 172 Å². The van der Waals surface area contributed by atoms with E-state index in [1.54, 1.807) is 0 Å². The molecule has 0 bridgehead atoms. The number of nitrogens with zero attached hydrogens (tertiary/aromatic N) is 2. The molecule has 2 aliphatic rings. The Hall–Kier alpha value is -2.60. The van der Waals surface area contributed by atoms with Crippen molar-refractivity contribution in [1.29, 1.82) is 0 Å². The zero-order valence-electron chi connectivity index (χ0n) is 17.0. The highest BCUT2D eigenvalue weighted by Crippen LogP contribution is 2.33. The molecule has 0 saturated carbocycles. The number of nitrogens with one attached hydrogen (secondary N) is 1. The normalized spacial score (nSPS) is 21.1. The minimum Gasteiger partial charge on any atom is -0.454 e. The number of aromatic nitrogens is 1. The van der Waals surface area contributed by atoms with Crippen LogP contribution in [0.4, 0.5) is 0 Å². The maximum absolute atomic E-state index is 12.6. The third-order valence-electron chi connectivity index (χ3n) is 6.03. The number of benzene rings is 1. The molecule has 4 rings (SSSR count). The number of piperidine rings is 1. The monoisotopic (exact) mass is 395 g/mol. The maximum atomic E-state index is 12.6. The molecule has 2 aromatic rings. The summed E-state index contributed by atoms with van der Waals surface area (Å²) in [5, 5.41) is 3.08. The van der Waals surface area contributed by atoms with Crippen molar-refractivity contribution >= 4 is 5.91 Å². The van der Waals surface area contributed by atoms with Crippen LogP contribution in [-0.4, -0.2) is 35.7 Å². The zero-order chi connectivity index (χ0) is 20.1. The molecule has 29 heavy (non-hydrogen) atoms. The van der Waals surface area contributed by atoms with Gasteiger partial charge in [0.15, 0.2) is 11.5 Å². The Bertz CT molecular complexity index is 827. The molecule has 0 aliphatic carbocycles. The number of fused-ring (bicyclic) bond motifs is 1. The van der Waals surface area contributed by atoms with E-state index in [0.29, 0.717) is 24.8 Å². The largest absolute Gasteiger partial charge is 0.454 e. The first-order valence-corrected chi connectivity index (χ1v) is 10.5. The molecular formula is C23H29N3O3. The molecule has 0 unspecified atom stereocenters. The number of likely N-dealkylation sites (tertiary alicyclic amines) is 1. The molecule has 1 saturated heterocycles. The number of amides is 1. The number of rotatable bonds is 7. The summed E-state index contributed by atoms with van der Waals surface area (Å²) in [6, 6.07) is 9.97. The molecule has 1 aromatic heterocycles. The van der Waals surface area contributed by atoms with E-state index in [4.69, 9.17) is 9.47 Å². The van der Waals surface area contributed by atoms with Gasteiger partial charge in [-0.05, 0) is 60.2 Å². The second-order valence-electron chi connectivity index (χ2n) is 7.98. The van der Waals surface area contributed by atoms with Crippen molar-refractivity contribution in [2.75, 3.05) is 19.9 Å². The third-order valence-corrected chi connectivity index (χ3v) is 6.03. The smallest absolute Gasteiger partial charge is 0.231 e. The number of hydrogen-bond acceptors (Lipinski definition) is 5. The van der Waals surface area contributed by atoms with Crippen molar-refractivity contribution in [3.05, 3.63) is 53.9 Å². The zero-order valence-corrected chi connectivity index (χ0v) is 17.0. The van der Waals surface area contributed by atoms with Crippen molar-refractivity contribution in [3.63, 3.8) is 0 Å². The van der Waals surface area contributed by atoms with Crippen LogP contribution in [0.3, 0.4) is 0 Å². The average Bonchev–Trinajstić information content (AvgIpc) is 3.22. The molecule has 1 fully saturated rings. The predicted molar refractivity (Wildman–Crippen MR) is 110 cm³/mol. The van der Waals surface area contributed by atoms with Gasteiger partial charge < -0.3 is 14.8 Å². The second-order valence-corrected chi connectivity index (χ2v) is 7.98. The number of hydrogen-bond donors (Lipinski definition) is 1. The highest BCUT2D eigenvalue weighted by atomic mass is 16.7. The first-order valence-electron chi connectivity index (χ1n) is 10.5. The molecule has 0 spiro atoms. The number of carbonyl (C=O) groups excluding carboxylic acids is 1. The van der Waals surface area contributed by atoms with Crippen molar-refractivity contribution < 1.29 is 14.3 Å². The van der Waals surface area contributed by atoms with Crippen LogP contribution in [0, 0.1) is 11.8 Å². The summed E-state index contributed by atoms with van der Waals surface area (Å²) >= 11 is 0. The lowest BCUT2D eigenvalue weighted by Crippen LogP contribution is -2.41. The van der Waals surface area contributed by atoms with Gasteiger partial charge in [0.05, 0.1) is 0 Å². The van der Waals surface area contributed by atoms with Crippen molar-refractivity contribution in [2.45, 2.75) is 39.3 Å². The summed E-state index contributed by atoms with van der Waals surface area (Å²) in [4.78, 5) is 19.2. The quantitative estimate of drug-likeness (QED) is 0.779. The summed E-state index contributed by atoms with van der Waals surface area (Å²) < 4.78 is 10.7. The summed E-state index contributed by atoms with van der Waals surface area (Å²) in [6.45, 7) is 6.08. The molecule has 2 atom stereocenters. The molecule has 1 amide bonds. The molecule has 1 aromatic carbocycles. The molecule has 0 radical (unpaired) electrons. The Morgan fingerprint density at radius 2 is 1.97 bits per heavy atom. The van der Waals surface area contributed by atoms with Crippen LogP contribution in [0.25, 0.3) is 0 Å². The fourth-order valence-electron chi connectivity index (χ4n) is 4.34. The summed E-state index contributed by atoms with van der Waals surface area (Å²) in [7, 11) is 0. The van der Waals surface area contributed by atoms with Gasteiger partial charge in [0.2, 0.25) is 12.7 Å². The third kappa shape index (κ3) is 5.07. The SMILES string of the molecule is CC[C@H]1CN(Cc2ccncc2)CC[C@H]1CC(=O)NCc1ccc2c(c1)OCO2. The second kappa shape index (κ2) is 9.27. The first-order chi connectivity index (χ1) is 14.2. The first kappa shape index (κ1) is 19.7. The van der Waals surface area contributed by atoms with Crippen LogP contribution < -0.4 is 14.8 Å². The Morgan fingerprint density at radius 1 is 1.14 bits per heavy atom. The minimum atomic E-state index is 0.133. The maximum Gasteiger partial charge on any atom is 0.231 e. The fourth-order valence-corrected chi connectivity index (χ4v) is 4.34. The number of pyridine rings is 1. The van der Waals surface area contributed by atoms with E-state index in [9.17, 15) is 4.79 Å². The molecule has 154 valence electrons. The van der Waals surface area contributed by atoms with Crippen LogP contribution in [0.2, 0.25) is 0 Å². The van der Waals surface area contributed by atoms with E-state index in [2.05, 4.69) is 34.3 Å². The van der Waals surface area contributed by atoms with Gasteiger partial charge in [-0.25, -0.2) is 0 Å². The number of ether oxygens (including phenoxy) is 2. The van der Waals surface area contributed by atoms with Gasteiger partial charge in [0.1, 0.15) is 0 Å². The molecule has 1 N–H and O–H groups in total. The van der Waals surface area contributed by atoms with Crippen molar-refractivity contribution in [2.24, 2.45) is 11.8 Å². The van der Waals surface area contributed by atoms with Crippen molar-refractivity contribution in [3.8, 4) is 11.5 Å². The van der Waals surface area contributed by atoms with Crippen LogP contribution in [0.1, 0.15) is 37.3 Å². The van der Waals surface area contributed by atoms with E-state index in [1.807, 2.05) is 30.6 Å².